The lowest BCUT2D eigenvalue weighted by atomic mass is 9.92. The fourth-order valence-electron chi connectivity index (χ4n) is 2.21. The Balaban J connectivity index is 2.42. The molecule has 0 aliphatic carbocycles. The van der Waals surface area contributed by atoms with Crippen molar-refractivity contribution in [1.29, 1.82) is 0 Å². The zero-order chi connectivity index (χ0) is 9.97. The molecule has 1 aromatic rings. The lowest BCUT2D eigenvalue weighted by Gasteiger charge is -2.22. The van der Waals surface area contributed by atoms with Crippen LogP contribution in [0.5, 0.6) is 0 Å². The number of benzene rings is 1. The third-order valence-corrected chi connectivity index (χ3v) is 2.98. The number of hydrogen-bond acceptors (Lipinski definition) is 2. The first kappa shape index (κ1) is 9.69. The van der Waals surface area contributed by atoms with Crippen molar-refractivity contribution < 1.29 is 0 Å². The van der Waals surface area contributed by atoms with E-state index in [9.17, 15) is 0 Å². The highest BCUT2D eigenvalue weighted by molar-refractivity contribution is 5.42. The molecule has 0 fully saturated rings. The van der Waals surface area contributed by atoms with Crippen molar-refractivity contribution in [2.45, 2.75) is 26.4 Å². The molecule has 0 saturated heterocycles. The smallest absolute Gasteiger partial charge is 0.0211 e. The Hall–Kier alpha value is -0.860. The van der Waals surface area contributed by atoms with Gasteiger partial charge in [-0.05, 0) is 49.2 Å². The molecule has 0 amide bonds. The summed E-state index contributed by atoms with van der Waals surface area (Å²) in [7, 11) is 2.00. The summed E-state index contributed by atoms with van der Waals surface area (Å²) >= 11 is 0. The predicted octanol–water partition coefficient (Wildman–Crippen LogP) is 1.36. The summed E-state index contributed by atoms with van der Waals surface area (Å²) < 4.78 is 0. The van der Waals surface area contributed by atoms with Crippen molar-refractivity contribution in [3.63, 3.8) is 0 Å². The molecule has 0 spiro atoms. The van der Waals surface area contributed by atoms with Crippen LogP contribution in [0.1, 0.15) is 22.3 Å². The fraction of sp³-hybridized carbons (Fsp3) is 0.500. The van der Waals surface area contributed by atoms with Gasteiger partial charge < -0.3 is 10.6 Å². The number of aryl methyl sites for hydroxylation is 1. The van der Waals surface area contributed by atoms with E-state index in [-0.39, 0.29) is 0 Å². The number of nitrogens with one attached hydrogen (secondary N) is 2. The molecule has 0 radical (unpaired) electrons. The average molecular weight is 190 g/mol. The second-order valence-corrected chi connectivity index (χ2v) is 3.96. The van der Waals surface area contributed by atoms with E-state index in [1.54, 1.807) is 5.56 Å². The van der Waals surface area contributed by atoms with Crippen LogP contribution >= 0.6 is 0 Å². The summed E-state index contributed by atoms with van der Waals surface area (Å²) in [6.07, 6.45) is 1.18. The largest absolute Gasteiger partial charge is 0.316 e. The van der Waals surface area contributed by atoms with Gasteiger partial charge in [0.1, 0.15) is 0 Å². The van der Waals surface area contributed by atoms with Crippen molar-refractivity contribution in [3.8, 4) is 0 Å². The molecule has 0 aromatic heterocycles. The minimum absolute atomic E-state index is 0.976. The molecule has 0 unspecified atom stereocenters. The molecule has 2 N–H and O–H groups in total. The van der Waals surface area contributed by atoms with Crippen LogP contribution in [0, 0.1) is 6.92 Å². The number of fused-ring (bicyclic) bond motifs is 1. The van der Waals surface area contributed by atoms with Crippen molar-refractivity contribution in [2.75, 3.05) is 13.6 Å². The Morgan fingerprint density at radius 1 is 1.36 bits per heavy atom. The first-order valence-corrected chi connectivity index (χ1v) is 5.28. The minimum Gasteiger partial charge on any atom is -0.316 e. The van der Waals surface area contributed by atoms with Crippen molar-refractivity contribution in [1.82, 2.24) is 10.6 Å². The van der Waals surface area contributed by atoms with E-state index >= 15 is 0 Å². The van der Waals surface area contributed by atoms with E-state index in [2.05, 4.69) is 29.7 Å². The molecule has 0 saturated carbocycles. The van der Waals surface area contributed by atoms with Crippen LogP contribution in [-0.2, 0) is 19.5 Å². The van der Waals surface area contributed by atoms with Crippen LogP contribution in [-0.4, -0.2) is 13.6 Å². The van der Waals surface area contributed by atoms with Crippen LogP contribution < -0.4 is 10.6 Å². The molecule has 1 aliphatic heterocycles. The van der Waals surface area contributed by atoms with Crippen LogP contribution in [0.2, 0.25) is 0 Å². The fourth-order valence-corrected chi connectivity index (χ4v) is 2.21. The van der Waals surface area contributed by atoms with Gasteiger partial charge in [0, 0.05) is 13.1 Å². The Labute approximate surface area is 85.7 Å². The highest BCUT2D eigenvalue weighted by Gasteiger charge is 2.13. The van der Waals surface area contributed by atoms with Crippen molar-refractivity contribution in [3.05, 3.63) is 34.4 Å². The highest BCUT2D eigenvalue weighted by Crippen LogP contribution is 2.22. The molecule has 2 heteroatoms. The predicted molar refractivity (Wildman–Crippen MR) is 59.4 cm³/mol. The summed E-state index contributed by atoms with van der Waals surface area (Å²) in [6, 6.07) is 4.49. The SMILES string of the molecule is CNCc1ccc(C)c2c1CNCC2. The first-order valence-electron chi connectivity index (χ1n) is 5.28. The van der Waals surface area contributed by atoms with Gasteiger partial charge >= 0.3 is 0 Å². The maximum absolute atomic E-state index is 3.44. The second kappa shape index (κ2) is 4.11. The average Bonchev–Trinajstić information content (AvgIpc) is 2.23. The van der Waals surface area contributed by atoms with E-state index in [0.717, 1.165) is 19.6 Å². The molecule has 1 heterocycles. The van der Waals surface area contributed by atoms with Gasteiger partial charge in [0.15, 0.2) is 0 Å². The first-order chi connectivity index (χ1) is 6.83. The van der Waals surface area contributed by atoms with E-state index in [0.29, 0.717) is 0 Å². The third kappa shape index (κ3) is 1.68. The van der Waals surface area contributed by atoms with Gasteiger partial charge in [0.05, 0.1) is 0 Å². The van der Waals surface area contributed by atoms with E-state index in [1.165, 1.54) is 23.1 Å². The monoisotopic (exact) mass is 190 g/mol. The zero-order valence-corrected chi connectivity index (χ0v) is 8.98. The quantitative estimate of drug-likeness (QED) is 0.736. The summed E-state index contributed by atoms with van der Waals surface area (Å²) in [5.41, 5.74) is 5.98. The zero-order valence-electron chi connectivity index (χ0n) is 8.98. The van der Waals surface area contributed by atoms with Crippen LogP contribution in [0.15, 0.2) is 12.1 Å². The van der Waals surface area contributed by atoms with Crippen molar-refractivity contribution >= 4 is 0 Å². The van der Waals surface area contributed by atoms with Gasteiger partial charge in [-0.1, -0.05) is 12.1 Å². The van der Waals surface area contributed by atoms with Crippen molar-refractivity contribution in [2.24, 2.45) is 0 Å². The maximum atomic E-state index is 3.44. The Morgan fingerprint density at radius 3 is 3.00 bits per heavy atom. The van der Waals surface area contributed by atoms with Gasteiger partial charge in [-0.25, -0.2) is 0 Å². The van der Waals surface area contributed by atoms with Crippen LogP contribution in [0.25, 0.3) is 0 Å². The van der Waals surface area contributed by atoms with E-state index in [1.807, 2.05) is 7.05 Å². The van der Waals surface area contributed by atoms with Gasteiger partial charge in [0.2, 0.25) is 0 Å². The maximum Gasteiger partial charge on any atom is 0.0211 e. The molecular formula is C12H18N2. The third-order valence-electron chi connectivity index (χ3n) is 2.98. The van der Waals surface area contributed by atoms with Gasteiger partial charge in [-0.2, -0.15) is 0 Å². The standard InChI is InChI=1S/C12H18N2/c1-9-3-4-10(7-13-2)12-8-14-6-5-11(9)12/h3-4,13-14H,5-8H2,1-2H3. The topological polar surface area (TPSA) is 24.1 Å². The molecular weight excluding hydrogens is 172 g/mol. The lowest BCUT2D eigenvalue weighted by Crippen LogP contribution is -2.26. The molecule has 2 nitrogen and oxygen atoms in total. The summed E-state index contributed by atoms with van der Waals surface area (Å²) in [5, 5.41) is 6.66. The molecule has 76 valence electrons. The summed E-state index contributed by atoms with van der Waals surface area (Å²) in [6.45, 7) is 5.35. The Kier molecular flexibility index (Phi) is 2.85. The molecule has 0 atom stereocenters. The Morgan fingerprint density at radius 2 is 2.21 bits per heavy atom. The Bertz CT molecular complexity index is 331. The molecule has 2 rings (SSSR count). The van der Waals surface area contributed by atoms with Crippen LogP contribution in [0.4, 0.5) is 0 Å². The molecule has 14 heavy (non-hydrogen) atoms. The van der Waals surface area contributed by atoms with Crippen LogP contribution in [0.3, 0.4) is 0 Å². The number of hydrogen-bond donors (Lipinski definition) is 2. The van der Waals surface area contributed by atoms with E-state index in [4.69, 9.17) is 0 Å². The van der Waals surface area contributed by atoms with Gasteiger partial charge in [-0.15, -0.1) is 0 Å². The minimum atomic E-state index is 0.976. The normalized spacial score (nSPS) is 15.3. The summed E-state index contributed by atoms with van der Waals surface area (Å²) in [4.78, 5) is 0. The van der Waals surface area contributed by atoms with E-state index < -0.39 is 0 Å². The van der Waals surface area contributed by atoms with Gasteiger partial charge in [0.25, 0.3) is 0 Å². The molecule has 1 aliphatic rings. The molecule has 1 aromatic carbocycles. The highest BCUT2D eigenvalue weighted by atomic mass is 14.9. The summed E-state index contributed by atoms with van der Waals surface area (Å²) in [5.74, 6) is 0. The lowest BCUT2D eigenvalue weighted by molar-refractivity contribution is 0.630. The number of rotatable bonds is 2. The van der Waals surface area contributed by atoms with Gasteiger partial charge in [-0.3, -0.25) is 0 Å². The molecule has 0 bridgehead atoms. The second-order valence-electron chi connectivity index (χ2n) is 3.96.